The maximum absolute atomic E-state index is 13.6. The van der Waals surface area contributed by atoms with Crippen molar-refractivity contribution in [1.82, 2.24) is 0 Å². The van der Waals surface area contributed by atoms with Crippen LogP contribution >= 0.6 is 0 Å². The number of nitrogens with one attached hydrogen (secondary N) is 1. The first-order valence-electron chi connectivity index (χ1n) is 8.69. The quantitative estimate of drug-likeness (QED) is 0.551. The van der Waals surface area contributed by atoms with Crippen molar-refractivity contribution in [3.63, 3.8) is 0 Å². The van der Waals surface area contributed by atoms with Gasteiger partial charge in [-0.3, -0.25) is 4.79 Å². The predicted molar refractivity (Wildman–Crippen MR) is 104 cm³/mol. The number of carbonyl (C=O) groups is 2. The number of hydrogen-bond donors (Lipinski definition) is 1. The van der Waals surface area contributed by atoms with Gasteiger partial charge in [0.05, 0.1) is 13.7 Å². The van der Waals surface area contributed by atoms with Crippen LogP contribution in [-0.4, -0.2) is 31.7 Å². The van der Waals surface area contributed by atoms with Crippen LogP contribution < -0.4 is 14.8 Å². The van der Waals surface area contributed by atoms with E-state index in [1.807, 2.05) is 6.92 Å². The highest BCUT2D eigenvalue weighted by atomic mass is 19.1. The minimum atomic E-state index is -1.00. The van der Waals surface area contributed by atoms with Crippen LogP contribution in [-0.2, 0) is 14.3 Å². The SMILES string of the molecule is CCOc1ccc(NC(=O)[C@H](C)OC(=O)/C=C/c2ccc(OC)c(F)c2)cc1. The van der Waals surface area contributed by atoms with Gasteiger partial charge < -0.3 is 19.5 Å². The third-order valence-corrected chi connectivity index (χ3v) is 3.68. The fourth-order valence-corrected chi connectivity index (χ4v) is 2.26. The number of carbonyl (C=O) groups excluding carboxylic acids is 2. The first-order chi connectivity index (χ1) is 13.4. The Hall–Kier alpha value is -3.35. The molecule has 148 valence electrons. The normalized spacial score (nSPS) is 11.7. The summed E-state index contributed by atoms with van der Waals surface area (Å²) in [5.41, 5.74) is 1.02. The minimum Gasteiger partial charge on any atom is -0.494 e. The molecule has 2 aromatic rings. The van der Waals surface area contributed by atoms with Crippen molar-refractivity contribution < 1.29 is 28.2 Å². The monoisotopic (exact) mass is 387 g/mol. The molecule has 7 heteroatoms. The number of hydrogen-bond acceptors (Lipinski definition) is 5. The summed E-state index contributed by atoms with van der Waals surface area (Å²) in [7, 11) is 1.37. The molecule has 0 fully saturated rings. The largest absolute Gasteiger partial charge is 0.494 e. The van der Waals surface area contributed by atoms with Crippen LogP contribution in [0.1, 0.15) is 19.4 Å². The fraction of sp³-hybridized carbons (Fsp3) is 0.238. The van der Waals surface area contributed by atoms with Crippen LogP contribution in [0.2, 0.25) is 0 Å². The summed E-state index contributed by atoms with van der Waals surface area (Å²) in [4.78, 5) is 24.0. The molecule has 0 saturated carbocycles. The summed E-state index contributed by atoms with van der Waals surface area (Å²) in [5.74, 6) is -0.924. The van der Waals surface area contributed by atoms with Crippen LogP contribution in [0.25, 0.3) is 6.08 Å². The summed E-state index contributed by atoms with van der Waals surface area (Å²) in [6.07, 6.45) is 1.51. The van der Waals surface area contributed by atoms with Gasteiger partial charge in [-0.05, 0) is 61.9 Å². The Morgan fingerprint density at radius 3 is 2.50 bits per heavy atom. The highest BCUT2D eigenvalue weighted by Crippen LogP contribution is 2.18. The number of amides is 1. The second-order valence-electron chi connectivity index (χ2n) is 5.75. The van der Waals surface area contributed by atoms with E-state index in [0.29, 0.717) is 23.6 Å². The predicted octanol–water partition coefficient (Wildman–Crippen LogP) is 3.82. The molecule has 0 heterocycles. The molecule has 1 atom stereocenters. The second-order valence-corrected chi connectivity index (χ2v) is 5.75. The zero-order valence-electron chi connectivity index (χ0n) is 15.9. The molecule has 1 amide bonds. The molecule has 1 N–H and O–H groups in total. The molecule has 0 spiro atoms. The smallest absolute Gasteiger partial charge is 0.331 e. The fourth-order valence-electron chi connectivity index (χ4n) is 2.26. The zero-order valence-corrected chi connectivity index (χ0v) is 15.9. The molecular weight excluding hydrogens is 365 g/mol. The average molecular weight is 387 g/mol. The number of ether oxygens (including phenoxy) is 3. The van der Waals surface area contributed by atoms with Gasteiger partial charge in [0.2, 0.25) is 0 Å². The number of benzene rings is 2. The Labute approximate surface area is 162 Å². The van der Waals surface area contributed by atoms with Crippen LogP contribution in [0.15, 0.2) is 48.5 Å². The van der Waals surface area contributed by atoms with Gasteiger partial charge in [0.1, 0.15) is 5.75 Å². The van der Waals surface area contributed by atoms with E-state index < -0.39 is 23.8 Å². The van der Waals surface area contributed by atoms with Crippen LogP contribution in [0.4, 0.5) is 10.1 Å². The lowest BCUT2D eigenvalue weighted by Gasteiger charge is -2.12. The molecular formula is C21H22FNO5. The molecule has 0 aliphatic heterocycles. The second kappa shape index (κ2) is 10.1. The molecule has 6 nitrogen and oxygen atoms in total. The summed E-state index contributed by atoms with van der Waals surface area (Å²) in [6, 6.07) is 11.1. The number of rotatable bonds is 8. The number of esters is 1. The zero-order chi connectivity index (χ0) is 20.5. The van der Waals surface area contributed by atoms with Gasteiger partial charge in [-0.2, -0.15) is 0 Å². The Morgan fingerprint density at radius 1 is 1.18 bits per heavy atom. The highest BCUT2D eigenvalue weighted by Gasteiger charge is 2.16. The van der Waals surface area contributed by atoms with Gasteiger partial charge in [-0.15, -0.1) is 0 Å². The van der Waals surface area contributed by atoms with Gasteiger partial charge in [0.25, 0.3) is 5.91 Å². The first-order valence-corrected chi connectivity index (χ1v) is 8.69. The molecule has 0 radical (unpaired) electrons. The van der Waals surface area contributed by atoms with Crippen molar-refractivity contribution in [2.24, 2.45) is 0 Å². The molecule has 0 aromatic heterocycles. The molecule has 2 aromatic carbocycles. The topological polar surface area (TPSA) is 73.9 Å². The van der Waals surface area contributed by atoms with Crippen LogP contribution in [0.5, 0.6) is 11.5 Å². The van der Waals surface area contributed by atoms with Gasteiger partial charge in [-0.25, -0.2) is 9.18 Å². The van der Waals surface area contributed by atoms with Crippen LogP contribution in [0, 0.1) is 5.82 Å². The summed E-state index contributed by atoms with van der Waals surface area (Å²) >= 11 is 0. The molecule has 0 aliphatic rings. The molecule has 0 bridgehead atoms. The summed E-state index contributed by atoms with van der Waals surface area (Å²) in [5, 5.41) is 2.65. The first kappa shape index (κ1) is 21.0. The Kier molecular flexibility index (Phi) is 7.56. The Bertz CT molecular complexity index is 848. The van der Waals surface area contributed by atoms with Crippen molar-refractivity contribution in [3.8, 4) is 11.5 Å². The van der Waals surface area contributed by atoms with E-state index in [1.54, 1.807) is 30.3 Å². The third-order valence-electron chi connectivity index (χ3n) is 3.68. The standard InChI is InChI=1S/C21H22FNO5/c1-4-27-17-9-7-16(8-10-17)23-21(25)14(2)28-20(24)12-6-15-5-11-19(26-3)18(22)13-15/h5-14H,4H2,1-3H3,(H,23,25)/b12-6+/t14-/m0/s1. The van der Waals surface area contributed by atoms with E-state index in [9.17, 15) is 14.0 Å². The average Bonchev–Trinajstić information content (AvgIpc) is 2.68. The Morgan fingerprint density at radius 2 is 1.89 bits per heavy atom. The minimum absolute atomic E-state index is 0.110. The number of halogens is 1. The maximum Gasteiger partial charge on any atom is 0.331 e. The molecule has 0 saturated heterocycles. The van der Waals surface area contributed by atoms with Gasteiger partial charge >= 0.3 is 5.97 Å². The van der Waals surface area contributed by atoms with Crippen LogP contribution in [0.3, 0.4) is 0 Å². The molecule has 2 rings (SSSR count). The lowest BCUT2D eigenvalue weighted by atomic mass is 10.2. The summed E-state index contributed by atoms with van der Waals surface area (Å²) in [6.45, 7) is 3.89. The van der Waals surface area contributed by atoms with Crippen molar-refractivity contribution >= 4 is 23.6 Å². The number of methoxy groups -OCH3 is 1. The van der Waals surface area contributed by atoms with Gasteiger partial charge in [0.15, 0.2) is 17.7 Å². The maximum atomic E-state index is 13.6. The lowest BCUT2D eigenvalue weighted by molar-refractivity contribution is -0.148. The van der Waals surface area contributed by atoms with E-state index in [4.69, 9.17) is 14.2 Å². The van der Waals surface area contributed by atoms with E-state index >= 15 is 0 Å². The molecule has 28 heavy (non-hydrogen) atoms. The number of anilines is 1. The molecule has 0 aliphatic carbocycles. The van der Waals surface area contributed by atoms with Crippen molar-refractivity contribution in [1.29, 1.82) is 0 Å². The Balaban J connectivity index is 1.88. The van der Waals surface area contributed by atoms with Crippen molar-refractivity contribution in [2.45, 2.75) is 20.0 Å². The van der Waals surface area contributed by atoms with Crippen molar-refractivity contribution in [3.05, 3.63) is 59.9 Å². The van der Waals surface area contributed by atoms with Gasteiger partial charge in [0, 0.05) is 11.8 Å². The third kappa shape index (κ3) is 6.12. The van der Waals surface area contributed by atoms with E-state index in [2.05, 4.69) is 5.32 Å². The van der Waals surface area contributed by atoms with Gasteiger partial charge in [-0.1, -0.05) is 6.07 Å². The highest BCUT2D eigenvalue weighted by molar-refractivity contribution is 5.96. The van der Waals surface area contributed by atoms with E-state index in [1.165, 1.54) is 32.2 Å². The lowest BCUT2D eigenvalue weighted by Crippen LogP contribution is -2.29. The van der Waals surface area contributed by atoms with E-state index in [-0.39, 0.29) is 5.75 Å². The summed E-state index contributed by atoms with van der Waals surface area (Å²) < 4.78 is 28.9. The van der Waals surface area contributed by atoms with E-state index in [0.717, 1.165) is 6.08 Å². The molecule has 0 unspecified atom stereocenters. The van der Waals surface area contributed by atoms with Crippen molar-refractivity contribution in [2.75, 3.05) is 19.0 Å².